The number of hydrogen-bond donors (Lipinski definition) is 2. The van der Waals surface area contributed by atoms with Crippen LogP contribution in [0.15, 0.2) is 24.4 Å². The molecule has 1 aromatic heterocycles. The van der Waals surface area contributed by atoms with Crippen LogP contribution in [0.25, 0.3) is 0 Å². The van der Waals surface area contributed by atoms with Crippen LogP contribution in [0.4, 0.5) is 5.69 Å². The zero-order chi connectivity index (χ0) is 14.4. The van der Waals surface area contributed by atoms with Crippen molar-refractivity contribution in [1.82, 2.24) is 10.3 Å². The molecule has 1 unspecified atom stereocenters. The standard InChI is InChI=1S/C16H17N3OS/c1-9-4-2-7-11-13(9)15(20)19-14(18-11)12-8-17-16(21-12)10-5-3-6-10/h2,4,7-8,10,14,18H,3,5-6H2,1H3,(H,19,20). The smallest absolute Gasteiger partial charge is 0.255 e. The Balaban J connectivity index is 1.62. The number of aromatic nitrogens is 1. The molecule has 108 valence electrons. The number of nitrogens with one attached hydrogen (secondary N) is 2. The van der Waals surface area contributed by atoms with E-state index in [4.69, 9.17) is 0 Å². The third-order valence-electron chi connectivity index (χ3n) is 4.36. The fraction of sp³-hybridized carbons (Fsp3) is 0.375. The molecule has 2 N–H and O–H groups in total. The number of benzene rings is 1. The van der Waals surface area contributed by atoms with Crippen LogP contribution in [0.1, 0.15) is 57.2 Å². The summed E-state index contributed by atoms with van der Waals surface area (Å²) in [4.78, 5) is 18.0. The van der Waals surface area contributed by atoms with Gasteiger partial charge in [-0.1, -0.05) is 18.6 Å². The van der Waals surface area contributed by atoms with Crippen LogP contribution >= 0.6 is 11.3 Å². The van der Waals surface area contributed by atoms with Crippen molar-refractivity contribution in [2.24, 2.45) is 0 Å². The lowest BCUT2D eigenvalue weighted by molar-refractivity contribution is 0.0935. The molecule has 1 atom stereocenters. The number of thiazole rings is 1. The summed E-state index contributed by atoms with van der Waals surface area (Å²) in [6.07, 6.45) is 5.54. The summed E-state index contributed by atoms with van der Waals surface area (Å²) < 4.78 is 0. The SMILES string of the molecule is Cc1cccc2c1C(=O)NC(c1cnc(C3CCC3)s1)N2. The molecule has 1 saturated carbocycles. The van der Waals surface area contributed by atoms with Gasteiger partial charge >= 0.3 is 0 Å². The fourth-order valence-electron chi connectivity index (χ4n) is 2.90. The first-order valence-electron chi connectivity index (χ1n) is 7.35. The van der Waals surface area contributed by atoms with Gasteiger partial charge in [-0.05, 0) is 31.4 Å². The Bertz CT molecular complexity index is 705. The van der Waals surface area contributed by atoms with E-state index in [1.807, 2.05) is 31.3 Å². The Kier molecular flexibility index (Phi) is 2.96. The maximum absolute atomic E-state index is 12.3. The third kappa shape index (κ3) is 2.12. The maximum Gasteiger partial charge on any atom is 0.255 e. The van der Waals surface area contributed by atoms with Crippen LogP contribution in [0, 0.1) is 6.92 Å². The van der Waals surface area contributed by atoms with Gasteiger partial charge in [-0.15, -0.1) is 11.3 Å². The molecule has 1 amide bonds. The van der Waals surface area contributed by atoms with Crippen molar-refractivity contribution < 1.29 is 4.79 Å². The Hall–Kier alpha value is -1.88. The summed E-state index contributed by atoms with van der Waals surface area (Å²) in [5.41, 5.74) is 2.65. The van der Waals surface area contributed by atoms with E-state index >= 15 is 0 Å². The van der Waals surface area contributed by atoms with Crippen LogP contribution in [0.3, 0.4) is 0 Å². The first-order valence-corrected chi connectivity index (χ1v) is 8.16. The van der Waals surface area contributed by atoms with Gasteiger partial charge in [0.2, 0.25) is 0 Å². The number of carbonyl (C=O) groups is 1. The molecule has 1 aliphatic carbocycles. The third-order valence-corrected chi connectivity index (χ3v) is 5.58. The van der Waals surface area contributed by atoms with Crippen LogP contribution in [-0.4, -0.2) is 10.9 Å². The highest BCUT2D eigenvalue weighted by molar-refractivity contribution is 7.11. The predicted molar refractivity (Wildman–Crippen MR) is 83.7 cm³/mol. The van der Waals surface area contributed by atoms with Gasteiger partial charge in [0, 0.05) is 17.8 Å². The zero-order valence-corrected chi connectivity index (χ0v) is 12.7. The molecule has 2 aliphatic rings. The highest BCUT2D eigenvalue weighted by Crippen LogP contribution is 2.40. The van der Waals surface area contributed by atoms with Crippen molar-refractivity contribution in [3.63, 3.8) is 0 Å². The lowest BCUT2D eigenvalue weighted by atomic mass is 9.86. The quantitative estimate of drug-likeness (QED) is 0.891. The number of rotatable bonds is 2. The molecule has 0 radical (unpaired) electrons. The van der Waals surface area contributed by atoms with Crippen molar-refractivity contribution in [3.05, 3.63) is 45.4 Å². The largest absolute Gasteiger partial charge is 0.360 e. The number of nitrogens with zero attached hydrogens (tertiary/aromatic N) is 1. The average Bonchev–Trinajstić information content (AvgIpc) is 2.85. The lowest BCUT2D eigenvalue weighted by Crippen LogP contribution is -2.38. The number of carbonyl (C=O) groups excluding carboxylic acids is 1. The van der Waals surface area contributed by atoms with E-state index in [0.29, 0.717) is 5.92 Å². The van der Waals surface area contributed by atoms with Crippen LogP contribution < -0.4 is 10.6 Å². The molecule has 1 fully saturated rings. The van der Waals surface area contributed by atoms with Crippen molar-refractivity contribution in [1.29, 1.82) is 0 Å². The molecule has 2 heterocycles. The van der Waals surface area contributed by atoms with E-state index in [0.717, 1.165) is 21.7 Å². The van der Waals surface area contributed by atoms with Crippen LogP contribution in [0.2, 0.25) is 0 Å². The van der Waals surface area contributed by atoms with E-state index in [1.165, 1.54) is 24.3 Å². The number of aryl methyl sites for hydroxylation is 1. The Labute approximate surface area is 127 Å². The van der Waals surface area contributed by atoms with Gasteiger partial charge in [0.1, 0.15) is 6.17 Å². The van der Waals surface area contributed by atoms with E-state index in [-0.39, 0.29) is 12.1 Å². The Morgan fingerprint density at radius 2 is 2.14 bits per heavy atom. The second kappa shape index (κ2) is 4.84. The molecule has 4 rings (SSSR count). The number of hydrogen-bond acceptors (Lipinski definition) is 4. The predicted octanol–water partition coefficient (Wildman–Crippen LogP) is 3.57. The van der Waals surface area contributed by atoms with Gasteiger partial charge in [-0.2, -0.15) is 0 Å². The molecular formula is C16H17N3OS. The molecule has 5 heteroatoms. The molecule has 1 aliphatic heterocycles. The second-order valence-corrected chi connectivity index (χ2v) is 6.87. The lowest BCUT2D eigenvalue weighted by Gasteiger charge is -2.28. The van der Waals surface area contributed by atoms with Crippen molar-refractivity contribution >= 4 is 22.9 Å². The van der Waals surface area contributed by atoms with Gasteiger partial charge in [0.25, 0.3) is 5.91 Å². The summed E-state index contributed by atoms with van der Waals surface area (Å²) >= 11 is 1.72. The first kappa shape index (κ1) is 12.8. The average molecular weight is 299 g/mol. The van der Waals surface area contributed by atoms with Crippen LogP contribution in [-0.2, 0) is 0 Å². The molecule has 0 saturated heterocycles. The molecule has 4 nitrogen and oxygen atoms in total. The maximum atomic E-state index is 12.3. The minimum absolute atomic E-state index is 0.00885. The van der Waals surface area contributed by atoms with Crippen LogP contribution in [0.5, 0.6) is 0 Å². The second-order valence-electron chi connectivity index (χ2n) is 5.78. The first-order chi connectivity index (χ1) is 10.2. The number of fused-ring (bicyclic) bond motifs is 1. The van der Waals surface area contributed by atoms with E-state index < -0.39 is 0 Å². The highest BCUT2D eigenvalue weighted by Gasteiger charge is 2.29. The molecule has 0 bridgehead atoms. The van der Waals surface area contributed by atoms with E-state index in [9.17, 15) is 4.79 Å². The summed E-state index contributed by atoms with van der Waals surface area (Å²) in [7, 11) is 0. The minimum Gasteiger partial charge on any atom is -0.360 e. The topological polar surface area (TPSA) is 54.0 Å². The van der Waals surface area contributed by atoms with Gasteiger partial charge in [-0.3, -0.25) is 4.79 Å². The Morgan fingerprint density at radius 3 is 2.90 bits per heavy atom. The summed E-state index contributed by atoms with van der Waals surface area (Å²) in [5, 5.41) is 7.66. The molecule has 2 aromatic rings. The normalized spacial score (nSPS) is 21.2. The molecule has 0 spiro atoms. The molecular weight excluding hydrogens is 282 g/mol. The summed E-state index contributed by atoms with van der Waals surface area (Å²) in [6, 6.07) is 5.90. The fourth-order valence-corrected chi connectivity index (χ4v) is 4.00. The van der Waals surface area contributed by atoms with Crippen molar-refractivity contribution in [3.8, 4) is 0 Å². The van der Waals surface area contributed by atoms with E-state index in [1.54, 1.807) is 11.3 Å². The number of anilines is 1. The minimum atomic E-state index is -0.168. The number of amides is 1. The van der Waals surface area contributed by atoms with Gasteiger partial charge < -0.3 is 10.6 Å². The monoisotopic (exact) mass is 299 g/mol. The van der Waals surface area contributed by atoms with Crippen molar-refractivity contribution in [2.75, 3.05) is 5.32 Å². The van der Waals surface area contributed by atoms with Gasteiger partial charge in [0.15, 0.2) is 0 Å². The zero-order valence-electron chi connectivity index (χ0n) is 11.8. The van der Waals surface area contributed by atoms with Crippen molar-refractivity contribution in [2.45, 2.75) is 38.3 Å². The Morgan fingerprint density at radius 1 is 1.29 bits per heavy atom. The highest BCUT2D eigenvalue weighted by atomic mass is 32.1. The van der Waals surface area contributed by atoms with Gasteiger partial charge in [-0.25, -0.2) is 4.98 Å². The molecule has 21 heavy (non-hydrogen) atoms. The summed E-state index contributed by atoms with van der Waals surface area (Å²) in [6.45, 7) is 1.96. The van der Waals surface area contributed by atoms with E-state index in [2.05, 4.69) is 15.6 Å². The van der Waals surface area contributed by atoms with Gasteiger partial charge in [0.05, 0.1) is 15.4 Å². The molecule has 1 aromatic carbocycles. The summed E-state index contributed by atoms with van der Waals surface area (Å²) in [5.74, 6) is 0.628.